The molecule has 2 aromatic heterocycles. The van der Waals surface area contributed by atoms with Crippen LogP contribution in [0, 0.1) is 6.92 Å². The Bertz CT molecular complexity index is 1600. The number of likely N-dealkylation sites (tertiary alicyclic amines) is 1. The number of nitrogens with one attached hydrogen (secondary N) is 2. The van der Waals surface area contributed by atoms with Crippen molar-refractivity contribution < 1.29 is 29.6 Å². The average molecular weight is 562 g/mol. The molecular formula is C28H27N5O6S. The molecule has 4 heterocycles. The van der Waals surface area contributed by atoms with Gasteiger partial charge in [0.1, 0.15) is 21.2 Å². The molecule has 6 rings (SSSR count). The summed E-state index contributed by atoms with van der Waals surface area (Å²) in [6.45, 7) is 2.23. The SMILES string of the molecule is Cc1cc(Oc2ccccc2)ccc1N1C(=O)Nc2c(C(=O)NC3CCCN(C(O)(O)O)C3)sc3nccc1c23. The fraction of sp³-hybridized carbons (Fsp3) is 0.250. The summed E-state index contributed by atoms with van der Waals surface area (Å²) in [6.07, 6.45) is -0.186. The van der Waals surface area contributed by atoms with Gasteiger partial charge in [0.2, 0.25) is 0 Å². The Labute approximate surface area is 233 Å². The second kappa shape index (κ2) is 10.2. The molecule has 1 unspecified atom stereocenters. The van der Waals surface area contributed by atoms with Crippen molar-refractivity contribution in [2.24, 2.45) is 0 Å². The minimum atomic E-state index is -2.95. The van der Waals surface area contributed by atoms with E-state index in [-0.39, 0.29) is 13.1 Å². The van der Waals surface area contributed by atoms with Crippen LogP contribution >= 0.6 is 11.3 Å². The Morgan fingerprint density at radius 3 is 2.67 bits per heavy atom. The quantitative estimate of drug-likeness (QED) is 0.223. The van der Waals surface area contributed by atoms with Crippen molar-refractivity contribution in [3.8, 4) is 11.5 Å². The summed E-state index contributed by atoms with van der Waals surface area (Å²) in [4.78, 5) is 34.8. The van der Waals surface area contributed by atoms with Crippen LogP contribution in [0.15, 0.2) is 60.8 Å². The molecule has 0 bridgehead atoms. The highest BCUT2D eigenvalue weighted by molar-refractivity contribution is 7.21. The van der Waals surface area contributed by atoms with E-state index in [1.54, 1.807) is 23.2 Å². The van der Waals surface area contributed by atoms with Gasteiger partial charge in [-0.2, -0.15) is 0 Å². The molecule has 4 aromatic rings. The van der Waals surface area contributed by atoms with Crippen molar-refractivity contribution in [2.75, 3.05) is 23.3 Å². The molecule has 0 spiro atoms. The summed E-state index contributed by atoms with van der Waals surface area (Å²) in [5, 5.41) is 35.1. The van der Waals surface area contributed by atoms with Crippen molar-refractivity contribution >= 4 is 50.6 Å². The zero-order chi connectivity index (χ0) is 28.0. The molecule has 2 aromatic carbocycles. The van der Waals surface area contributed by atoms with Crippen molar-refractivity contribution in [1.82, 2.24) is 15.2 Å². The second-order valence-electron chi connectivity index (χ2n) is 9.80. The number of aliphatic hydroxyl groups is 3. The molecule has 1 atom stereocenters. The van der Waals surface area contributed by atoms with E-state index in [4.69, 9.17) is 4.74 Å². The van der Waals surface area contributed by atoms with Crippen LogP contribution < -0.4 is 20.3 Å². The first-order valence-corrected chi connectivity index (χ1v) is 13.6. The number of urea groups is 1. The van der Waals surface area contributed by atoms with Crippen molar-refractivity contribution in [3.63, 3.8) is 0 Å². The van der Waals surface area contributed by atoms with Crippen LogP contribution in [0.2, 0.25) is 0 Å². The zero-order valence-electron chi connectivity index (χ0n) is 21.5. The fourth-order valence-electron chi connectivity index (χ4n) is 5.17. The van der Waals surface area contributed by atoms with Gasteiger partial charge in [-0.15, -0.1) is 11.3 Å². The number of aryl methyl sites for hydroxylation is 1. The van der Waals surface area contributed by atoms with Gasteiger partial charge in [0.05, 0.1) is 22.4 Å². The van der Waals surface area contributed by atoms with Gasteiger partial charge in [-0.3, -0.25) is 9.69 Å². The third-order valence-corrected chi connectivity index (χ3v) is 8.12. The normalized spacial score (nSPS) is 17.6. The first kappa shape index (κ1) is 26.2. The van der Waals surface area contributed by atoms with E-state index < -0.39 is 24.1 Å². The maximum absolute atomic E-state index is 13.5. The number of para-hydroxylation sites is 1. The van der Waals surface area contributed by atoms with Gasteiger partial charge in [0, 0.05) is 25.3 Å². The maximum Gasteiger partial charge on any atom is 0.345 e. The highest BCUT2D eigenvalue weighted by Crippen LogP contribution is 2.46. The number of thiophene rings is 1. The Morgan fingerprint density at radius 1 is 1.12 bits per heavy atom. The van der Waals surface area contributed by atoms with Crippen LogP contribution in [0.3, 0.4) is 0 Å². The third-order valence-electron chi connectivity index (χ3n) is 7.02. The lowest BCUT2D eigenvalue weighted by Crippen LogP contribution is -2.57. The van der Waals surface area contributed by atoms with E-state index in [0.29, 0.717) is 56.5 Å². The van der Waals surface area contributed by atoms with E-state index >= 15 is 0 Å². The number of aromatic nitrogens is 1. The predicted molar refractivity (Wildman–Crippen MR) is 150 cm³/mol. The molecule has 0 aliphatic carbocycles. The first-order chi connectivity index (χ1) is 19.2. The number of hydrogen-bond acceptors (Lipinski definition) is 9. The lowest BCUT2D eigenvalue weighted by molar-refractivity contribution is -0.396. The van der Waals surface area contributed by atoms with E-state index in [2.05, 4.69) is 15.6 Å². The second-order valence-corrected chi connectivity index (χ2v) is 10.8. The number of pyridine rings is 1. The molecule has 5 N–H and O–H groups in total. The summed E-state index contributed by atoms with van der Waals surface area (Å²) in [6, 6.07) is 15.8. The number of ether oxygens (including phenoxy) is 1. The highest BCUT2D eigenvalue weighted by atomic mass is 32.1. The highest BCUT2D eigenvalue weighted by Gasteiger charge is 2.36. The number of piperidine rings is 1. The molecule has 0 saturated carbocycles. The van der Waals surface area contributed by atoms with Crippen LogP contribution in [0.4, 0.5) is 21.9 Å². The first-order valence-electron chi connectivity index (χ1n) is 12.8. The molecule has 11 nitrogen and oxygen atoms in total. The Kier molecular flexibility index (Phi) is 6.64. The molecule has 1 fully saturated rings. The minimum absolute atomic E-state index is 0.0579. The molecule has 2 aliphatic rings. The Morgan fingerprint density at radius 2 is 1.93 bits per heavy atom. The van der Waals surface area contributed by atoms with Gasteiger partial charge in [-0.25, -0.2) is 14.7 Å². The van der Waals surface area contributed by atoms with Crippen LogP contribution in [-0.4, -0.2) is 62.4 Å². The van der Waals surface area contributed by atoms with Crippen LogP contribution in [-0.2, 0) is 0 Å². The number of amides is 3. The summed E-state index contributed by atoms with van der Waals surface area (Å²) in [5.41, 5.74) is 2.47. The van der Waals surface area contributed by atoms with Gasteiger partial charge in [0.25, 0.3) is 5.91 Å². The standard InChI is InChI=1S/C28H27N5O6S/c1-16-14-19(39-18-7-3-2-4-8-18)9-10-20(16)33-21-11-12-29-26-22(21)23(31-27(33)35)24(40-26)25(34)30-17-6-5-13-32(15-17)28(36,37)38/h2-4,7-12,14,17,36-38H,5-6,13,15H2,1H3,(H,30,34)(H,31,35). The summed E-state index contributed by atoms with van der Waals surface area (Å²) >= 11 is 1.17. The lowest BCUT2D eigenvalue weighted by Gasteiger charge is -2.37. The number of nitrogens with zero attached hydrogens (tertiary/aromatic N) is 3. The number of anilines is 3. The third kappa shape index (κ3) is 4.87. The van der Waals surface area contributed by atoms with Gasteiger partial charge < -0.3 is 30.7 Å². The maximum atomic E-state index is 13.5. The Hall–Kier alpha value is -4.07. The van der Waals surface area contributed by atoms with Crippen molar-refractivity contribution in [2.45, 2.75) is 31.9 Å². The number of benzene rings is 2. The number of carbonyl (C=O) groups is 2. The van der Waals surface area contributed by atoms with E-state index in [9.17, 15) is 24.9 Å². The molecule has 1 saturated heterocycles. The van der Waals surface area contributed by atoms with E-state index in [1.165, 1.54) is 11.3 Å². The molecule has 206 valence electrons. The topological polar surface area (TPSA) is 147 Å². The zero-order valence-corrected chi connectivity index (χ0v) is 22.3. The van der Waals surface area contributed by atoms with E-state index in [1.807, 2.05) is 49.4 Å². The van der Waals surface area contributed by atoms with Crippen LogP contribution in [0.25, 0.3) is 10.2 Å². The summed E-state index contributed by atoms with van der Waals surface area (Å²) < 4.78 is 5.94. The summed E-state index contributed by atoms with van der Waals surface area (Å²) in [5.74, 6) is 0.934. The minimum Gasteiger partial charge on any atom is -0.457 e. The summed E-state index contributed by atoms with van der Waals surface area (Å²) in [7, 11) is 0. The molecule has 40 heavy (non-hydrogen) atoms. The number of carbonyl (C=O) groups excluding carboxylic acids is 2. The smallest absolute Gasteiger partial charge is 0.345 e. The number of hydrogen-bond donors (Lipinski definition) is 5. The van der Waals surface area contributed by atoms with Crippen LogP contribution in [0.1, 0.15) is 28.1 Å². The Balaban J connectivity index is 1.29. The predicted octanol–water partition coefficient (Wildman–Crippen LogP) is 3.86. The van der Waals surface area contributed by atoms with Gasteiger partial charge in [-0.1, -0.05) is 18.2 Å². The van der Waals surface area contributed by atoms with Gasteiger partial charge >= 0.3 is 12.1 Å². The molecule has 3 amide bonds. The van der Waals surface area contributed by atoms with Crippen molar-refractivity contribution in [1.29, 1.82) is 0 Å². The van der Waals surface area contributed by atoms with Crippen molar-refractivity contribution in [3.05, 3.63) is 71.2 Å². The molecule has 0 radical (unpaired) electrons. The number of rotatable bonds is 6. The lowest BCUT2D eigenvalue weighted by atomic mass is 10.1. The average Bonchev–Trinajstić information content (AvgIpc) is 3.29. The van der Waals surface area contributed by atoms with Crippen LogP contribution in [0.5, 0.6) is 11.5 Å². The van der Waals surface area contributed by atoms with E-state index in [0.717, 1.165) is 10.5 Å². The molecule has 12 heteroatoms. The molecule has 2 aliphatic heterocycles. The monoisotopic (exact) mass is 561 g/mol. The van der Waals surface area contributed by atoms with Gasteiger partial charge in [-0.05, 0) is 61.7 Å². The fourth-order valence-corrected chi connectivity index (χ4v) is 6.19. The molecular weight excluding hydrogens is 534 g/mol. The largest absolute Gasteiger partial charge is 0.457 e. The van der Waals surface area contributed by atoms with Gasteiger partial charge in [0.15, 0.2) is 0 Å².